The van der Waals surface area contributed by atoms with Crippen LogP contribution in [0.5, 0.6) is 0 Å². The predicted octanol–water partition coefficient (Wildman–Crippen LogP) is 1.14. The minimum absolute atomic E-state index is 0.329. The van der Waals surface area contributed by atoms with Crippen LogP contribution in [0.1, 0.15) is 18.5 Å². The Morgan fingerprint density at radius 3 is 2.69 bits per heavy atom. The minimum Gasteiger partial charge on any atom is -0.273 e. The smallest absolute Gasteiger partial charge is 0.273 e. The fourth-order valence-electron chi connectivity index (χ4n) is 1.49. The van der Waals surface area contributed by atoms with E-state index in [4.69, 9.17) is 5.84 Å². The van der Waals surface area contributed by atoms with Crippen LogP contribution in [0.15, 0.2) is 12.3 Å². The summed E-state index contributed by atoms with van der Waals surface area (Å²) >= 11 is 0. The molecule has 0 aliphatic carbocycles. The Morgan fingerprint density at radius 1 is 1.56 bits per heavy atom. The summed E-state index contributed by atoms with van der Waals surface area (Å²) in [6, 6.07) is 1.02. The Morgan fingerprint density at radius 2 is 2.25 bits per heavy atom. The van der Waals surface area contributed by atoms with E-state index in [1.54, 1.807) is 24.0 Å². The van der Waals surface area contributed by atoms with Crippen LogP contribution in [0, 0.1) is 0 Å². The molecule has 92 valence electrons. The first-order valence-corrected chi connectivity index (χ1v) is 4.92. The van der Waals surface area contributed by atoms with Crippen LogP contribution in [0.4, 0.5) is 13.2 Å². The second-order valence-corrected chi connectivity index (χ2v) is 3.67. The van der Waals surface area contributed by atoms with Crippen molar-refractivity contribution in [1.82, 2.24) is 15.2 Å². The highest BCUT2D eigenvalue weighted by atomic mass is 19.4. The van der Waals surface area contributed by atoms with Gasteiger partial charge in [0.25, 0.3) is 0 Å². The molecule has 1 aromatic rings. The maximum absolute atomic E-state index is 12.1. The Kier molecular flexibility index (Phi) is 4.31. The van der Waals surface area contributed by atoms with Crippen molar-refractivity contribution in [1.29, 1.82) is 0 Å². The van der Waals surface area contributed by atoms with Gasteiger partial charge in [0.1, 0.15) is 0 Å². The fraction of sp³-hybridized carbons (Fsp3) is 0.667. The Balaban J connectivity index is 2.43. The molecule has 1 rings (SSSR count). The summed E-state index contributed by atoms with van der Waals surface area (Å²) < 4.78 is 38.0. The van der Waals surface area contributed by atoms with Gasteiger partial charge in [-0.25, -0.2) is 0 Å². The van der Waals surface area contributed by atoms with Gasteiger partial charge in [-0.15, -0.1) is 0 Å². The lowest BCUT2D eigenvalue weighted by Crippen LogP contribution is -2.39. The molecule has 1 unspecified atom stereocenters. The second-order valence-electron chi connectivity index (χ2n) is 3.67. The van der Waals surface area contributed by atoms with E-state index in [1.165, 1.54) is 0 Å². The minimum atomic E-state index is -4.19. The molecule has 0 radical (unpaired) electrons. The van der Waals surface area contributed by atoms with Crippen LogP contribution in [0.2, 0.25) is 0 Å². The number of alkyl halides is 3. The molecule has 1 aromatic heterocycles. The van der Waals surface area contributed by atoms with Gasteiger partial charge in [-0.3, -0.25) is 16.0 Å². The number of rotatable bonds is 5. The van der Waals surface area contributed by atoms with E-state index in [0.717, 1.165) is 5.69 Å². The lowest BCUT2D eigenvalue weighted by atomic mass is 10.1. The number of aryl methyl sites for hydroxylation is 2. The van der Waals surface area contributed by atoms with E-state index in [0.29, 0.717) is 12.8 Å². The normalized spacial score (nSPS) is 14.1. The molecule has 0 spiro atoms. The van der Waals surface area contributed by atoms with Gasteiger partial charge < -0.3 is 0 Å². The van der Waals surface area contributed by atoms with Crippen molar-refractivity contribution in [2.75, 3.05) is 0 Å². The number of nitrogens with zero attached hydrogens (tertiary/aromatic N) is 2. The molecule has 4 nitrogen and oxygen atoms in total. The quantitative estimate of drug-likeness (QED) is 0.595. The summed E-state index contributed by atoms with van der Waals surface area (Å²) in [6.45, 7) is 0. The van der Waals surface area contributed by atoms with E-state index in [-0.39, 0.29) is 0 Å². The number of halogens is 3. The van der Waals surface area contributed by atoms with Crippen molar-refractivity contribution in [3.05, 3.63) is 18.0 Å². The first-order chi connectivity index (χ1) is 7.42. The number of nitrogens with two attached hydrogens (primary N) is 1. The molecule has 0 saturated heterocycles. The summed E-state index contributed by atoms with van der Waals surface area (Å²) in [5, 5.41) is 3.94. The van der Waals surface area contributed by atoms with Gasteiger partial charge in [-0.2, -0.15) is 18.3 Å². The first-order valence-electron chi connectivity index (χ1n) is 4.92. The summed E-state index contributed by atoms with van der Waals surface area (Å²) in [5.74, 6) is 5.09. The third-order valence-corrected chi connectivity index (χ3v) is 2.38. The van der Waals surface area contributed by atoms with Crippen molar-refractivity contribution in [3.63, 3.8) is 0 Å². The SMILES string of the molecule is Cn1nccc1CCC(CC(F)(F)F)NN. The van der Waals surface area contributed by atoms with Crippen LogP contribution in [0.25, 0.3) is 0 Å². The molecule has 0 amide bonds. The topological polar surface area (TPSA) is 55.9 Å². The van der Waals surface area contributed by atoms with Gasteiger partial charge in [-0.1, -0.05) is 0 Å². The second kappa shape index (κ2) is 5.31. The van der Waals surface area contributed by atoms with Crippen LogP contribution in [-0.4, -0.2) is 22.0 Å². The number of nitrogens with one attached hydrogen (secondary N) is 1. The Labute approximate surface area is 91.6 Å². The molecular weight excluding hydrogens is 221 g/mol. The number of hydrazine groups is 1. The van der Waals surface area contributed by atoms with E-state index in [1.807, 2.05) is 0 Å². The highest BCUT2D eigenvalue weighted by Gasteiger charge is 2.31. The van der Waals surface area contributed by atoms with Crippen LogP contribution in [0.3, 0.4) is 0 Å². The molecule has 0 aliphatic rings. The molecule has 0 fully saturated rings. The lowest BCUT2D eigenvalue weighted by Gasteiger charge is -2.17. The third kappa shape index (κ3) is 4.19. The zero-order valence-corrected chi connectivity index (χ0v) is 8.96. The molecule has 0 aromatic carbocycles. The van der Waals surface area contributed by atoms with E-state index >= 15 is 0 Å². The number of hydrogen-bond donors (Lipinski definition) is 2. The average molecular weight is 236 g/mol. The Bertz CT molecular complexity index is 321. The maximum atomic E-state index is 12.1. The van der Waals surface area contributed by atoms with Gasteiger partial charge in [0.05, 0.1) is 6.42 Å². The third-order valence-electron chi connectivity index (χ3n) is 2.38. The van der Waals surface area contributed by atoms with Gasteiger partial charge in [0.15, 0.2) is 0 Å². The molecule has 0 saturated carbocycles. The van der Waals surface area contributed by atoms with Crippen molar-refractivity contribution in [2.45, 2.75) is 31.5 Å². The van der Waals surface area contributed by atoms with Gasteiger partial charge in [-0.05, 0) is 18.9 Å². The highest BCUT2D eigenvalue weighted by molar-refractivity contribution is 5.00. The van der Waals surface area contributed by atoms with Crippen molar-refractivity contribution in [3.8, 4) is 0 Å². The zero-order chi connectivity index (χ0) is 12.2. The summed E-state index contributed by atoms with van der Waals surface area (Å²) in [5.41, 5.74) is 3.08. The van der Waals surface area contributed by atoms with Gasteiger partial charge in [0, 0.05) is 25.0 Å². The van der Waals surface area contributed by atoms with Gasteiger partial charge >= 0.3 is 6.18 Å². The molecule has 7 heteroatoms. The Hall–Kier alpha value is -1.08. The first kappa shape index (κ1) is 13.0. The van der Waals surface area contributed by atoms with E-state index < -0.39 is 18.6 Å². The van der Waals surface area contributed by atoms with Crippen molar-refractivity contribution < 1.29 is 13.2 Å². The summed E-state index contributed by atoms with van der Waals surface area (Å²) in [6.07, 6.45) is -2.65. The van der Waals surface area contributed by atoms with Gasteiger partial charge in [0.2, 0.25) is 0 Å². The molecule has 1 atom stereocenters. The molecule has 3 N–H and O–H groups in total. The molecular formula is C9H15F3N4. The highest BCUT2D eigenvalue weighted by Crippen LogP contribution is 2.23. The van der Waals surface area contributed by atoms with Crippen molar-refractivity contribution >= 4 is 0 Å². The molecule has 0 aliphatic heterocycles. The monoisotopic (exact) mass is 236 g/mol. The largest absolute Gasteiger partial charge is 0.390 e. The summed E-state index contributed by atoms with van der Waals surface area (Å²) in [7, 11) is 1.75. The average Bonchev–Trinajstić information content (AvgIpc) is 2.57. The predicted molar refractivity (Wildman–Crippen MR) is 53.3 cm³/mol. The van der Waals surface area contributed by atoms with Crippen LogP contribution in [-0.2, 0) is 13.5 Å². The van der Waals surface area contributed by atoms with Crippen LogP contribution < -0.4 is 11.3 Å². The lowest BCUT2D eigenvalue weighted by molar-refractivity contribution is -0.140. The van der Waals surface area contributed by atoms with Crippen molar-refractivity contribution in [2.24, 2.45) is 12.9 Å². The number of aromatic nitrogens is 2. The van der Waals surface area contributed by atoms with Crippen LogP contribution >= 0.6 is 0 Å². The fourth-order valence-corrected chi connectivity index (χ4v) is 1.49. The molecule has 1 heterocycles. The number of hydrogen-bond acceptors (Lipinski definition) is 3. The maximum Gasteiger partial charge on any atom is 0.390 e. The zero-order valence-electron chi connectivity index (χ0n) is 8.96. The summed E-state index contributed by atoms with van der Waals surface area (Å²) in [4.78, 5) is 0. The molecule has 0 bridgehead atoms. The molecule has 16 heavy (non-hydrogen) atoms. The van der Waals surface area contributed by atoms with E-state index in [2.05, 4.69) is 10.5 Å². The standard InChI is InChI=1S/C9H15F3N4/c1-16-8(4-5-14-16)3-2-7(15-13)6-9(10,11)12/h4-5,7,15H,2-3,6,13H2,1H3. The van der Waals surface area contributed by atoms with E-state index in [9.17, 15) is 13.2 Å².